The second kappa shape index (κ2) is 10.1. The summed E-state index contributed by atoms with van der Waals surface area (Å²) < 4.78 is 16.8. The van der Waals surface area contributed by atoms with Crippen molar-refractivity contribution in [3.63, 3.8) is 0 Å². The molecule has 29 heavy (non-hydrogen) atoms. The fraction of sp³-hybridized carbons (Fsp3) is 0.167. The molecule has 0 N–H and O–H groups in total. The van der Waals surface area contributed by atoms with Gasteiger partial charge in [-0.05, 0) is 23.8 Å². The van der Waals surface area contributed by atoms with Crippen LogP contribution >= 0.6 is 0 Å². The maximum atomic E-state index is 12.3. The Labute approximate surface area is 169 Å². The van der Waals surface area contributed by atoms with E-state index in [0.717, 1.165) is 18.3 Å². The molecule has 3 aromatic rings. The highest BCUT2D eigenvalue weighted by atomic mass is 16.6. The first-order valence-electron chi connectivity index (χ1n) is 9.26. The average molecular weight is 390 g/mol. The molecule has 1 atom stereocenters. The van der Waals surface area contributed by atoms with Crippen LogP contribution in [0.2, 0.25) is 0 Å². The van der Waals surface area contributed by atoms with Crippen LogP contribution in [0.15, 0.2) is 78.9 Å². The lowest BCUT2D eigenvalue weighted by Gasteiger charge is -2.20. The van der Waals surface area contributed by atoms with Crippen LogP contribution < -0.4 is 9.47 Å². The number of aldehydes is 1. The van der Waals surface area contributed by atoms with Gasteiger partial charge in [0.05, 0.1) is 13.7 Å². The normalized spacial score (nSPS) is 11.3. The van der Waals surface area contributed by atoms with E-state index in [1.54, 1.807) is 30.3 Å². The van der Waals surface area contributed by atoms with Crippen molar-refractivity contribution in [2.24, 2.45) is 0 Å². The summed E-state index contributed by atoms with van der Waals surface area (Å²) >= 11 is 0. The molecule has 5 heteroatoms. The predicted octanol–water partition coefficient (Wildman–Crippen LogP) is 4.41. The minimum absolute atomic E-state index is 0.307. The summed E-state index contributed by atoms with van der Waals surface area (Å²) in [4.78, 5) is 23.6. The summed E-state index contributed by atoms with van der Waals surface area (Å²) in [5.41, 5.74) is 2.22. The van der Waals surface area contributed by atoms with Crippen LogP contribution in [0.3, 0.4) is 0 Å². The Balaban J connectivity index is 1.81. The van der Waals surface area contributed by atoms with Gasteiger partial charge in [0.25, 0.3) is 0 Å². The lowest BCUT2D eigenvalue weighted by Crippen LogP contribution is -2.20. The molecule has 0 aliphatic heterocycles. The summed E-state index contributed by atoms with van der Waals surface area (Å²) in [6, 6.07) is 23.9. The fourth-order valence-corrected chi connectivity index (χ4v) is 2.85. The van der Waals surface area contributed by atoms with E-state index in [4.69, 9.17) is 14.2 Å². The number of hydrogen-bond donors (Lipinski definition) is 0. The van der Waals surface area contributed by atoms with Gasteiger partial charge in [0.15, 0.2) is 11.5 Å². The quantitative estimate of drug-likeness (QED) is 0.400. The lowest BCUT2D eigenvalue weighted by molar-refractivity contribution is -0.149. The Morgan fingerprint density at radius 3 is 2.28 bits per heavy atom. The average Bonchev–Trinajstić information content (AvgIpc) is 2.79. The van der Waals surface area contributed by atoms with Crippen molar-refractivity contribution in [3.8, 4) is 11.5 Å². The summed E-state index contributed by atoms with van der Waals surface area (Å²) in [6.07, 6.45) is 0.463. The molecule has 0 bridgehead atoms. The Morgan fingerprint density at radius 1 is 0.931 bits per heavy atom. The minimum atomic E-state index is -0.973. The summed E-state index contributed by atoms with van der Waals surface area (Å²) in [5.74, 6) is 0.223. The molecule has 3 rings (SSSR count). The van der Waals surface area contributed by atoms with E-state index in [1.807, 2.05) is 48.5 Å². The van der Waals surface area contributed by atoms with Crippen molar-refractivity contribution in [1.29, 1.82) is 0 Å². The van der Waals surface area contributed by atoms with Crippen LogP contribution in [0, 0.1) is 0 Å². The molecule has 148 valence electrons. The van der Waals surface area contributed by atoms with E-state index < -0.39 is 12.1 Å². The zero-order valence-corrected chi connectivity index (χ0v) is 16.1. The van der Waals surface area contributed by atoms with Crippen molar-refractivity contribution in [1.82, 2.24) is 0 Å². The lowest BCUT2D eigenvalue weighted by atomic mass is 10.1. The summed E-state index contributed by atoms with van der Waals surface area (Å²) in [7, 11) is 1.31. The maximum Gasteiger partial charge on any atom is 0.351 e. The van der Waals surface area contributed by atoms with Crippen molar-refractivity contribution in [3.05, 3.63) is 95.6 Å². The monoisotopic (exact) mass is 390 g/mol. The summed E-state index contributed by atoms with van der Waals surface area (Å²) in [5, 5.41) is 0. The first-order chi connectivity index (χ1) is 14.2. The number of hydrogen-bond acceptors (Lipinski definition) is 5. The van der Waals surface area contributed by atoms with Gasteiger partial charge in [-0.15, -0.1) is 0 Å². The second-order valence-corrected chi connectivity index (χ2v) is 6.34. The molecular weight excluding hydrogens is 368 g/mol. The number of carbonyl (C=O) groups is 2. The number of esters is 1. The van der Waals surface area contributed by atoms with Gasteiger partial charge in [-0.2, -0.15) is 0 Å². The molecule has 3 aromatic carbocycles. The Hall–Kier alpha value is -3.60. The molecule has 1 unspecified atom stereocenters. The van der Waals surface area contributed by atoms with Crippen molar-refractivity contribution < 1.29 is 23.8 Å². The highest BCUT2D eigenvalue weighted by molar-refractivity contribution is 5.78. The Bertz CT molecular complexity index is 938. The third-order valence-corrected chi connectivity index (χ3v) is 4.36. The van der Waals surface area contributed by atoms with Gasteiger partial charge in [0, 0.05) is 17.5 Å². The van der Waals surface area contributed by atoms with Crippen molar-refractivity contribution in [2.75, 3.05) is 13.7 Å². The van der Waals surface area contributed by atoms with E-state index >= 15 is 0 Å². The number of methoxy groups -OCH3 is 1. The van der Waals surface area contributed by atoms with E-state index in [9.17, 15) is 9.59 Å². The fourth-order valence-electron chi connectivity index (χ4n) is 2.85. The third kappa shape index (κ3) is 5.45. The second-order valence-electron chi connectivity index (χ2n) is 6.34. The smallest absolute Gasteiger partial charge is 0.351 e. The molecule has 0 saturated heterocycles. The molecule has 0 aliphatic rings. The highest BCUT2D eigenvalue weighted by Gasteiger charge is 2.25. The van der Waals surface area contributed by atoms with Gasteiger partial charge in [-0.25, -0.2) is 4.79 Å². The molecule has 5 nitrogen and oxygen atoms in total. The number of ether oxygens (including phenoxy) is 3. The maximum absolute atomic E-state index is 12.3. The van der Waals surface area contributed by atoms with Crippen LogP contribution in [0.5, 0.6) is 11.5 Å². The van der Waals surface area contributed by atoms with Crippen LogP contribution in [0.4, 0.5) is 0 Å². The molecule has 0 saturated carbocycles. The van der Waals surface area contributed by atoms with Gasteiger partial charge in [-0.3, -0.25) is 4.79 Å². The Morgan fingerprint density at radius 2 is 1.62 bits per heavy atom. The van der Waals surface area contributed by atoms with E-state index in [1.165, 1.54) is 7.11 Å². The number of carbonyl (C=O) groups excluding carboxylic acids is 2. The summed E-state index contributed by atoms with van der Waals surface area (Å²) in [6.45, 7) is 0.426. The topological polar surface area (TPSA) is 61.8 Å². The van der Waals surface area contributed by atoms with E-state index in [0.29, 0.717) is 29.2 Å². The van der Waals surface area contributed by atoms with Gasteiger partial charge >= 0.3 is 5.97 Å². The van der Waals surface area contributed by atoms with Gasteiger partial charge < -0.3 is 14.2 Å². The molecule has 0 amide bonds. The van der Waals surface area contributed by atoms with E-state index in [-0.39, 0.29) is 0 Å². The van der Waals surface area contributed by atoms with Gasteiger partial charge in [-0.1, -0.05) is 60.7 Å². The van der Waals surface area contributed by atoms with Gasteiger partial charge in [0.2, 0.25) is 6.10 Å². The van der Waals surface area contributed by atoms with Crippen molar-refractivity contribution in [2.45, 2.75) is 12.5 Å². The predicted molar refractivity (Wildman–Crippen MR) is 109 cm³/mol. The van der Waals surface area contributed by atoms with Crippen LogP contribution in [0.25, 0.3) is 0 Å². The minimum Gasteiger partial charge on any atom is -0.489 e. The van der Waals surface area contributed by atoms with Crippen LogP contribution in [-0.4, -0.2) is 26.0 Å². The molecule has 0 spiro atoms. The first-order valence-corrected chi connectivity index (χ1v) is 9.26. The Kier molecular flexibility index (Phi) is 7.00. The molecular formula is C24H22O5. The SMILES string of the molecule is COC(=O)C(Oc1cc(C=O)ccc1OCCc1ccccc1)c1ccccc1. The van der Waals surface area contributed by atoms with Gasteiger partial charge in [0.1, 0.15) is 6.29 Å². The number of benzene rings is 3. The van der Waals surface area contributed by atoms with Crippen LogP contribution in [-0.2, 0) is 16.0 Å². The van der Waals surface area contributed by atoms with E-state index in [2.05, 4.69) is 0 Å². The molecule has 0 radical (unpaired) electrons. The zero-order valence-electron chi connectivity index (χ0n) is 16.1. The molecule has 0 aromatic heterocycles. The largest absolute Gasteiger partial charge is 0.489 e. The standard InChI is InChI=1S/C24H22O5/c1-27-24(26)23(20-10-6-3-7-11-20)29-22-16-19(17-25)12-13-21(22)28-15-14-18-8-4-2-5-9-18/h2-13,16-17,23H,14-15H2,1H3. The molecule has 0 heterocycles. The van der Waals surface area contributed by atoms with Crippen LogP contribution in [0.1, 0.15) is 27.6 Å². The number of rotatable bonds is 9. The molecule has 0 aliphatic carbocycles. The zero-order chi connectivity index (χ0) is 20.5. The van der Waals surface area contributed by atoms with Crippen molar-refractivity contribution >= 4 is 12.3 Å². The highest BCUT2D eigenvalue weighted by Crippen LogP contribution is 2.33. The first kappa shape index (κ1) is 20.1. The third-order valence-electron chi connectivity index (χ3n) is 4.36. The molecule has 0 fully saturated rings.